The fourth-order valence-corrected chi connectivity index (χ4v) is 4.99. The molecule has 1 aromatic heterocycles. The molecule has 0 radical (unpaired) electrons. The van der Waals surface area contributed by atoms with E-state index < -0.39 is 5.54 Å². The van der Waals surface area contributed by atoms with E-state index in [-0.39, 0.29) is 17.9 Å². The molecule has 1 aliphatic carbocycles. The molecule has 2 aromatic rings. The van der Waals surface area contributed by atoms with Gasteiger partial charge in [-0.1, -0.05) is 44.2 Å². The predicted molar refractivity (Wildman–Crippen MR) is 120 cm³/mol. The molecule has 31 heavy (non-hydrogen) atoms. The van der Waals surface area contributed by atoms with Gasteiger partial charge in [0.1, 0.15) is 5.54 Å². The van der Waals surface area contributed by atoms with Gasteiger partial charge in [0, 0.05) is 26.3 Å². The molecule has 0 bridgehead atoms. The normalized spacial score (nSPS) is 22.8. The molecule has 2 aliphatic rings. The van der Waals surface area contributed by atoms with Gasteiger partial charge in [-0.05, 0) is 38.3 Å². The summed E-state index contributed by atoms with van der Waals surface area (Å²) in [7, 11) is 1.65. The molecule has 1 N–H and O–H groups in total. The number of imidazole rings is 1. The van der Waals surface area contributed by atoms with Crippen LogP contribution in [0.2, 0.25) is 0 Å². The number of aromatic nitrogens is 2. The number of hydrogen-bond acceptors (Lipinski definition) is 4. The lowest BCUT2D eigenvalue weighted by molar-refractivity contribution is -0.133. The first-order valence-corrected chi connectivity index (χ1v) is 11.6. The lowest BCUT2D eigenvalue weighted by Gasteiger charge is -2.44. The van der Waals surface area contributed by atoms with Gasteiger partial charge in [0.2, 0.25) is 5.91 Å². The van der Waals surface area contributed by atoms with E-state index in [2.05, 4.69) is 10.3 Å². The SMILES string of the molecule is COCCCN1C(=O)c2nc3ccccc3n2CC1(C)C(=O)NC1CCCCCCC1. The summed E-state index contributed by atoms with van der Waals surface area (Å²) < 4.78 is 7.12. The maximum absolute atomic E-state index is 13.7. The first-order valence-electron chi connectivity index (χ1n) is 11.6. The minimum Gasteiger partial charge on any atom is -0.385 e. The molecule has 1 atom stereocenters. The number of benzene rings is 1. The van der Waals surface area contributed by atoms with Crippen molar-refractivity contribution in [2.24, 2.45) is 0 Å². The molecule has 1 aliphatic heterocycles. The second-order valence-electron chi connectivity index (χ2n) is 9.10. The highest BCUT2D eigenvalue weighted by molar-refractivity contribution is 6.01. The van der Waals surface area contributed by atoms with Gasteiger partial charge in [0.05, 0.1) is 17.6 Å². The Morgan fingerprint density at radius 3 is 2.65 bits per heavy atom. The second-order valence-corrected chi connectivity index (χ2v) is 9.10. The summed E-state index contributed by atoms with van der Waals surface area (Å²) >= 11 is 0. The Balaban J connectivity index is 1.64. The maximum Gasteiger partial charge on any atom is 0.290 e. The molecule has 0 saturated heterocycles. The minimum absolute atomic E-state index is 0.0627. The number of nitrogens with one attached hydrogen (secondary N) is 1. The van der Waals surface area contributed by atoms with E-state index in [9.17, 15) is 9.59 Å². The molecular weight excluding hydrogens is 392 g/mol. The van der Waals surface area contributed by atoms with Crippen molar-refractivity contribution in [3.05, 3.63) is 30.1 Å². The average Bonchev–Trinajstić information content (AvgIpc) is 3.11. The van der Waals surface area contributed by atoms with Crippen molar-refractivity contribution < 1.29 is 14.3 Å². The monoisotopic (exact) mass is 426 g/mol. The van der Waals surface area contributed by atoms with Gasteiger partial charge >= 0.3 is 0 Å². The maximum atomic E-state index is 13.7. The molecule has 1 fully saturated rings. The zero-order valence-electron chi connectivity index (χ0n) is 18.7. The van der Waals surface area contributed by atoms with E-state index in [0.717, 1.165) is 36.7 Å². The van der Waals surface area contributed by atoms with Crippen molar-refractivity contribution in [3.63, 3.8) is 0 Å². The molecule has 7 nitrogen and oxygen atoms in total. The molecule has 1 unspecified atom stereocenters. The van der Waals surface area contributed by atoms with E-state index in [1.54, 1.807) is 12.0 Å². The Hall–Kier alpha value is -2.41. The summed E-state index contributed by atoms with van der Waals surface area (Å²) in [6.45, 7) is 3.30. The quantitative estimate of drug-likeness (QED) is 0.717. The Morgan fingerprint density at radius 1 is 1.19 bits per heavy atom. The summed E-state index contributed by atoms with van der Waals surface area (Å²) in [6.07, 6.45) is 8.75. The van der Waals surface area contributed by atoms with E-state index in [4.69, 9.17) is 4.74 Å². The van der Waals surface area contributed by atoms with E-state index in [0.29, 0.717) is 31.9 Å². The zero-order chi connectivity index (χ0) is 21.8. The summed E-state index contributed by atoms with van der Waals surface area (Å²) in [5, 5.41) is 3.31. The average molecular weight is 427 g/mol. The van der Waals surface area contributed by atoms with Gasteiger partial charge in [-0.2, -0.15) is 0 Å². The highest BCUT2D eigenvalue weighted by atomic mass is 16.5. The molecule has 0 spiro atoms. The van der Waals surface area contributed by atoms with E-state index in [1.807, 2.05) is 35.8 Å². The van der Waals surface area contributed by atoms with Gasteiger partial charge < -0.3 is 19.5 Å². The number of ether oxygens (including phenoxy) is 1. The number of nitrogens with zero attached hydrogens (tertiary/aromatic N) is 3. The molecule has 2 heterocycles. The van der Waals surface area contributed by atoms with Gasteiger partial charge in [0.25, 0.3) is 5.91 Å². The third-order valence-electron chi connectivity index (χ3n) is 6.81. The largest absolute Gasteiger partial charge is 0.385 e. The first-order chi connectivity index (χ1) is 15.0. The third kappa shape index (κ3) is 4.33. The van der Waals surface area contributed by atoms with Crippen molar-refractivity contribution in [1.29, 1.82) is 0 Å². The van der Waals surface area contributed by atoms with Crippen molar-refractivity contribution >= 4 is 22.8 Å². The van der Waals surface area contributed by atoms with Gasteiger partial charge in [-0.15, -0.1) is 0 Å². The van der Waals surface area contributed by atoms with E-state index >= 15 is 0 Å². The standard InChI is InChI=1S/C24H34N4O3/c1-24(23(30)25-18-11-6-4-3-5-7-12-18)17-27-20-14-9-8-13-19(20)26-21(27)22(29)28(24)15-10-16-31-2/h8-9,13-14,18H,3-7,10-12,15-17H2,1-2H3,(H,25,30). The van der Waals surface area contributed by atoms with Crippen LogP contribution in [-0.4, -0.2) is 58.1 Å². The van der Waals surface area contributed by atoms with Crippen LogP contribution < -0.4 is 5.32 Å². The van der Waals surface area contributed by atoms with Crippen molar-refractivity contribution in [1.82, 2.24) is 19.8 Å². The highest BCUT2D eigenvalue weighted by Crippen LogP contribution is 2.31. The Morgan fingerprint density at radius 2 is 1.90 bits per heavy atom. The Labute approximate surface area is 184 Å². The van der Waals surface area contributed by atoms with Crippen LogP contribution in [0.15, 0.2) is 24.3 Å². The lowest BCUT2D eigenvalue weighted by atomic mass is 9.92. The van der Waals surface area contributed by atoms with Gasteiger partial charge in [-0.3, -0.25) is 9.59 Å². The summed E-state index contributed by atoms with van der Waals surface area (Å²) in [6, 6.07) is 7.92. The van der Waals surface area contributed by atoms with Crippen LogP contribution in [0, 0.1) is 0 Å². The minimum atomic E-state index is -0.969. The van der Waals surface area contributed by atoms with Crippen LogP contribution >= 0.6 is 0 Å². The first kappa shape index (κ1) is 21.8. The van der Waals surface area contributed by atoms with Gasteiger partial charge in [0.15, 0.2) is 5.82 Å². The predicted octanol–water partition coefficient (Wildman–Crippen LogP) is 3.52. The van der Waals surface area contributed by atoms with Crippen LogP contribution in [0.3, 0.4) is 0 Å². The fraction of sp³-hybridized carbons (Fsp3) is 0.625. The summed E-state index contributed by atoms with van der Waals surface area (Å²) in [5.74, 6) is 0.163. The van der Waals surface area contributed by atoms with Crippen molar-refractivity contribution in [2.75, 3.05) is 20.3 Å². The second kappa shape index (κ2) is 9.39. The molecular formula is C24H34N4O3. The lowest BCUT2D eigenvalue weighted by Crippen LogP contribution is -2.65. The number of para-hydroxylation sites is 2. The number of hydrogen-bond donors (Lipinski definition) is 1. The number of rotatable bonds is 6. The van der Waals surface area contributed by atoms with Crippen LogP contribution in [0.25, 0.3) is 11.0 Å². The molecule has 1 saturated carbocycles. The van der Waals surface area contributed by atoms with Crippen molar-refractivity contribution in [2.45, 2.75) is 76.4 Å². The number of amides is 2. The van der Waals surface area contributed by atoms with Gasteiger partial charge in [-0.25, -0.2) is 4.98 Å². The van der Waals surface area contributed by atoms with Crippen LogP contribution in [-0.2, 0) is 16.1 Å². The topological polar surface area (TPSA) is 76.5 Å². The van der Waals surface area contributed by atoms with Crippen LogP contribution in [0.5, 0.6) is 0 Å². The Kier molecular flexibility index (Phi) is 6.60. The number of methoxy groups -OCH3 is 1. The molecule has 4 rings (SSSR count). The molecule has 2 amide bonds. The number of fused-ring (bicyclic) bond motifs is 3. The summed E-state index contributed by atoms with van der Waals surface area (Å²) in [4.78, 5) is 33.5. The summed E-state index contributed by atoms with van der Waals surface area (Å²) in [5.41, 5.74) is 0.712. The third-order valence-corrected chi connectivity index (χ3v) is 6.81. The van der Waals surface area contributed by atoms with Crippen molar-refractivity contribution in [3.8, 4) is 0 Å². The smallest absolute Gasteiger partial charge is 0.290 e. The molecule has 168 valence electrons. The zero-order valence-corrected chi connectivity index (χ0v) is 18.7. The van der Waals surface area contributed by atoms with E-state index in [1.165, 1.54) is 19.3 Å². The van der Waals surface area contributed by atoms with Crippen LogP contribution in [0.4, 0.5) is 0 Å². The molecule has 1 aromatic carbocycles. The van der Waals surface area contributed by atoms with Crippen LogP contribution in [0.1, 0.15) is 68.9 Å². The fourth-order valence-electron chi connectivity index (χ4n) is 4.99. The Bertz CT molecular complexity index is 932. The highest BCUT2D eigenvalue weighted by Gasteiger charge is 2.48. The number of carbonyl (C=O) groups is 2. The number of carbonyl (C=O) groups excluding carboxylic acids is 2. The molecule has 7 heteroatoms.